The fraction of sp³-hybridized carbons (Fsp3) is 0.421. The van der Waals surface area contributed by atoms with Crippen molar-refractivity contribution in [3.05, 3.63) is 46.3 Å². The molecule has 25 heavy (non-hydrogen) atoms. The highest BCUT2D eigenvalue weighted by Gasteiger charge is 2.23. The molecule has 6 heteroatoms. The second-order valence-electron chi connectivity index (χ2n) is 6.50. The number of para-hydroxylation sites is 1. The Labute approximate surface area is 145 Å². The standard InChI is InChI=1S/C19H21NO5/c1-12-6-2-4-8-15(12)20-17(21)11-24-18(22)14-10-13-7-3-5-9-16(13)25-19(14)23/h3,5,7,9-10,12,15H,2,4,6,8,11H2,1H3,(H,20,21). The maximum absolute atomic E-state index is 12.1. The molecule has 2 aromatic rings. The highest BCUT2D eigenvalue weighted by atomic mass is 16.5. The van der Waals surface area contributed by atoms with Crippen molar-refractivity contribution in [1.82, 2.24) is 5.32 Å². The van der Waals surface area contributed by atoms with Gasteiger partial charge in [-0.15, -0.1) is 0 Å². The van der Waals surface area contributed by atoms with E-state index in [1.807, 2.05) is 0 Å². The highest BCUT2D eigenvalue weighted by Crippen LogP contribution is 2.23. The molecular weight excluding hydrogens is 322 g/mol. The zero-order valence-electron chi connectivity index (χ0n) is 14.1. The number of hydrogen-bond donors (Lipinski definition) is 1. The molecule has 1 heterocycles. The Balaban J connectivity index is 1.61. The molecule has 1 N–H and O–H groups in total. The first-order valence-corrected chi connectivity index (χ1v) is 8.54. The molecular formula is C19H21NO5. The number of fused-ring (bicyclic) bond motifs is 1. The largest absolute Gasteiger partial charge is 0.452 e. The predicted octanol–water partition coefficient (Wildman–Crippen LogP) is 2.64. The molecule has 1 aliphatic rings. The molecule has 0 radical (unpaired) electrons. The van der Waals surface area contributed by atoms with Crippen LogP contribution in [0.2, 0.25) is 0 Å². The van der Waals surface area contributed by atoms with Gasteiger partial charge in [0.25, 0.3) is 5.91 Å². The maximum atomic E-state index is 12.1. The lowest BCUT2D eigenvalue weighted by Crippen LogP contribution is -2.43. The summed E-state index contributed by atoms with van der Waals surface area (Å²) in [4.78, 5) is 36.0. The van der Waals surface area contributed by atoms with Crippen molar-refractivity contribution >= 4 is 22.8 Å². The molecule has 1 aromatic carbocycles. The van der Waals surface area contributed by atoms with E-state index in [0.29, 0.717) is 16.9 Å². The van der Waals surface area contributed by atoms with Crippen molar-refractivity contribution in [3.63, 3.8) is 0 Å². The lowest BCUT2D eigenvalue weighted by atomic mass is 9.86. The van der Waals surface area contributed by atoms with Crippen LogP contribution in [0.4, 0.5) is 0 Å². The minimum Gasteiger partial charge on any atom is -0.452 e. The number of rotatable bonds is 4. The summed E-state index contributed by atoms with van der Waals surface area (Å²) < 4.78 is 10.1. The van der Waals surface area contributed by atoms with E-state index >= 15 is 0 Å². The van der Waals surface area contributed by atoms with Crippen LogP contribution in [-0.4, -0.2) is 24.5 Å². The summed E-state index contributed by atoms with van der Waals surface area (Å²) in [5.74, 6) is -0.787. The van der Waals surface area contributed by atoms with Crippen molar-refractivity contribution in [2.45, 2.75) is 38.6 Å². The first-order valence-electron chi connectivity index (χ1n) is 8.54. The molecule has 1 saturated carbocycles. The van der Waals surface area contributed by atoms with Crippen LogP contribution in [0.25, 0.3) is 11.0 Å². The van der Waals surface area contributed by atoms with Gasteiger partial charge in [-0.3, -0.25) is 4.79 Å². The highest BCUT2D eigenvalue weighted by molar-refractivity contribution is 5.94. The van der Waals surface area contributed by atoms with E-state index < -0.39 is 18.2 Å². The molecule has 0 aliphatic heterocycles. The molecule has 2 unspecified atom stereocenters. The van der Waals surface area contributed by atoms with Crippen LogP contribution in [0, 0.1) is 5.92 Å². The zero-order valence-corrected chi connectivity index (χ0v) is 14.1. The first kappa shape index (κ1) is 17.2. The Morgan fingerprint density at radius 2 is 2.00 bits per heavy atom. The van der Waals surface area contributed by atoms with E-state index in [1.165, 1.54) is 12.5 Å². The fourth-order valence-corrected chi connectivity index (χ4v) is 3.19. The molecule has 6 nitrogen and oxygen atoms in total. The van der Waals surface area contributed by atoms with Gasteiger partial charge in [-0.2, -0.15) is 0 Å². The van der Waals surface area contributed by atoms with Gasteiger partial charge < -0.3 is 14.5 Å². The average molecular weight is 343 g/mol. The number of carbonyl (C=O) groups excluding carboxylic acids is 2. The van der Waals surface area contributed by atoms with Gasteiger partial charge in [0, 0.05) is 11.4 Å². The number of amides is 1. The van der Waals surface area contributed by atoms with Gasteiger partial charge >= 0.3 is 11.6 Å². The summed E-state index contributed by atoms with van der Waals surface area (Å²) in [7, 11) is 0. The number of hydrogen-bond acceptors (Lipinski definition) is 5. The molecule has 2 atom stereocenters. The summed E-state index contributed by atoms with van der Waals surface area (Å²) >= 11 is 0. The van der Waals surface area contributed by atoms with Crippen molar-refractivity contribution in [2.24, 2.45) is 5.92 Å². The van der Waals surface area contributed by atoms with E-state index in [4.69, 9.17) is 9.15 Å². The summed E-state index contributed by atoms with van der Waals surface area (Å²) in [6.45, 7) is 1.70. The smallest absolute Gasteiger partial charge is 0.351 e. The topological polar surface area (TPSA) is 85.6 Å². The third kappa shape index (κ3) is 4.07. The molecule has 1 aromatic heterocycles. The second kappa shape index (κ2) is 7.51. The van der Waals surface area contributed by atoms with Crippen LogP contribution >= 0.6 is 0 Å². The molecule has 132 valence electrons. The van der Waals surface area contributed by atoms with Gasteiger partial charge in [-0.05, 0) is 30.9 Å². The number of nitrogens with one attached hydrogen (secondary N) is 1. The molecule has 0 bridgehead atoms. The Bertz CT molecular complexity index is 841. The van der Waals surface area contributed by atoms with Crippen molar-refractivity contribution < 1.29 is 18.7 Å². The molecule has 3 rings (SSSR count). The summed E-state index contributed by atoms with van der Waals surface area (Å²) in [5, 5.41) is 3.52. The van der Waals surface area contributed by atoms with Gasteiger partial charge in [0.1, 0.15) is 11.1 Å². The minimum absolute atomic E-state index is 0.116. The van der Waals surface area contributed by atoms with E-state index in [-0.39, 0.29) is 17.5 Å². The normalized spacial score (nSPS) is 20.2. The predicted molar refractivity (Wildman–Crippen MR) is 92.3 cm³/mol. The maximum Gasteiger partial charge on any atom is 0.351 e. The SMILES string of the molecule is CC1CCCCC1NC(=O)COC(=O)c1cc2ccccc2oc1=O. The number of carbonyl (C=O) groups is 2. The van der Waals surface area contributed by atoms with Gasteiger partial charge in [0.15, 0.2) is 6.61 Å². The Morgan fingerprint density at radius 1 is 1.24 bits per heavy atom. The third-order valence-electron chi connectivity index (χ3n) is 4.65. The molecule has 0 spiro atoms. The number of ether oxygens (including phenoxy) is 1. The quantitative estimate of drug-likeness (QED) is 0.681. The van der Waals surface area contributed by atoms with Crippen LogP contribution in [0.15, 0.2) is 39.5 Å². The van der Waals surface area contributed by atoms with Crippen LogP contribution in [0.1, 0.15) is 43.0 Å². The molecule has 1 fully saturated rings. The van der Waals surface area contributed by atoms with Gasteiger partial charge in [-0.1, -0.05) is 38.0 Å². The second-order valence-corrected chi connectivity index (χ2v) is 6.50. The van der Waals surface area contributed by atoms with Crippen molar-refractivity contribution in [1.29, 1.82) is 0 Å². The van der Waals surface area contributed by atoms with Gasteiger partial charge in [0.05, 0.1) is 0 Å². The Kier molecular flexibility index (Phi) is 5.16. The lowest BCUT2D eigenvalue weighted by molar-refractivity contribution is -0.125. The van der Waals surface area contributed by atoms with E-state index in [0.717, 1.165) is 19.3 Å². The van der Waals surface area contributed by atoms with Crippen molar-refractivity contribution in [3.8, 4) is 0 Å². The van der Waals surface area contributed by atoms with Crippen LogP contribution < -0.4 is 10.9 Å². The zero-order chi connectivity index (χ0) is 17.8. The number of benzene rings is 1. The average Bonchev–Trinajstić information content (AvgIpc) is 2.61. The monoisotopic (exact) mass is 343 g/mol. The van der Waals surface area contributed by atoms with Crippen LogP contribution in [-0.2, 0) is 9.53 Å². The summed E-state index contributed by atoms with van der Waals surface area (Å²) in [6, 6.07) is 8.42. The van der Waals surface area contributed by atoms with E-state index in [1.54, 1.807) is 24.3 Å². The van der Waals surface area contributed by atoms with Crippen LogP contribution in [0.3, 0.4) is 0 Å². The minimum atomic E-state index is -0.855. The fourth-order valence-electron chi connectivity index (χ4n) is 3.19. The molecule has 0 saturated heterocycles. The molecule has 1 amide bonds. The Hall–Kier alpha value is -2.63. The lowest BCUT2D eigenvalue weighted by Gasteiger charge is -2.29. The summed E-state index contributed by atoms with van der Waals surface area (Å²) in [5.41, 5.74) is -0.587. The molecule has 1 aliphatic carbocycles. The van der Waals surface area contributed by atoms with Crippen molar-refractivity contribution in [2.75, 3.05) is 6.61 Å². The van der Waals surface area contributed by atoms with Gasteiger partial charge in [-0.25, -0.2) is 9.59 Å². The van der Waals surface area contributed by atoms with Crippen LogP contribution in [0.5, 0.6) is 0 Å². The Morgan fingerprint density at radius 3 is 2.80 bits per heavy atom. The first-order chi connectivity index (χ1) is 12.0. The third-order valence-corrected chi connectivity index (χ3v) is 4.65. The van der Waals surface area contributed by atoms with Gasteiger partial charge in [0.2, 0.25) is 0 Å². The van der Waals surface area contributed by atoms with E-state index in [9.17, 15) is 14.4 Å². The van der Waals surface area contributed by atoms with E-state index in [2.05, 4.69) is 12.2 Å². The summed E-state index contributed by atoms with van der Waals surface area (Å²) in [6.07, 6.45) is 4.30. The number of esters is 1.